The van der Waals surface area contributed by atoms with Gasteiger partial charge in [-0.2, -0.15) is 5.10 Å². The molecule has 4 rings (SSSR count). The van der Waals surface area contributed by atoms with Gasteiger partial charge in [-0.25, -0.2) is 9.67 Å². The SMILES string of the molecule is Cl.O=C(Nc1ccc([C@H]2CNCCO2)cc1)c1cnn(-c2ccnc(Cl)c2)c1. The van der Waals surface area contributed by atoms with Crippen molar-refractivity contribution in [3.8, 4) is 5.69 Å². The van der Waals surface area contributed by atoms with Crippen molar-refractivity contribution in [2.24, 2.45) is 0 Å². The van der Waals surface area contributed by atoms with Crippen molar-refractivity contribution in [3.05, 3.63) is 71.3 Å². The van der Waals surface area contributed by atoms with Gasteiger partial charge in [0.2, 0.25) is 0 Å². The van der Waals surface area contributed by atoms with E-state index in [1.54, 1.807) is 29.2 Å². The third-order valence-corrected chi connectivity index (χ3v) is 4.49. The zero-order chi connectivity index (χ0) is 18.6. The summed E-state index contributed by atoms with van der Waals surface area (Å²) in [6.45, 7) is 2.38. The van der Waals surface area contributed by atoms with Gasteiger partial charge in [0, 0.05) is 37.2 Å². The van der Waals surface area contributed by atoms with Crippen LogP contribution in [-0.4, -0.2) is 40.4 Å². The van der Waals surface area contributed by atoms with Crippen LogP contribution in [0.15, 0.2) is 55.0 Å². The topological polar surface area (TPSA) is 81.1 Å². The van der Waals surface area contributed by atoms with E-state index in [0.29, 0.717) is 23.0 Å². The van der Waals surface area contributed by atoms with E-state index < -0.39 is 0 Å². The first-order chi connectivity index (χ1) is 13.2. The van der Waals surface area contributed by atoms with E-state index in [4.69, 9.17) is 16.3 Å². The second-order valence-electron chi connectivity index (χ2n) is 6.15. The number of hydrogen-bond acceptors (Lipinski definition) is 5. The molecule has 0 unspecified atom stereocenters. The molecule has 2 aromatic heterocycles. The number of nitrogens with one attached hydrogen (secondary N) is 2. The first kappa shape index (κ1) is 20.3. The Hall–Kier alpha value is -2.45. The lowest BCUT2D eigenvalue weighted by Gasteiger charge is -2.24. The quantitative estimate of drug-likeness (QED) is 0.634. The van der Waals surface area contributed by atoms with E-state index >= 15 is 0 Å². The average molecular weight is 420 g/mol. The predicted molar refractivity (Wildman–Crippen MR) is 110 cm³/mol. The molecule has 9 heteroatoms. The fourth-order valence-corrected chi connectivity index (χ4v) is 3.05. The molecule has 1 aliphatic heterocycles. The molecule has 1 amide bonds. The molecule has 1 saturated heterocycles. The molecule has 7 nitrogen and oxygen atoms in total. The van der Waals surface area contributed by atoms with Crippen LogP contribution in [0.2, 0.25) is 5.15 Å². The van der Waals surface area contributed by atoms with Gasteiger partial charge in [-0.3, -0.25) is 4.79 Å². The van der Waals surface area contributed by atoms with Gasteiger partial charge in [-0.05, 0) is 23.8 Å². The molecule has 1 aromatic carbocycles. The van der Waals surface area contributed by atoms with Crippen LogP contribution in [0.5, 0.6) is 0 Å². The lowest BCUT2D eigenvalue weighted by Crippen LogP contribution is -2.33. The number of halogens is 2. The Labute approximate surface area is 173 Å². The maximum Gasteiger partial charge on any atom is 0.258 e. The lowest BCUT2D eigenvalue weighted by atomic mass is 10.1. The zero-order valence-corrected chi connectivity index (χ0v) is 16.4. The highest BCUT2D eigenvalue weighted by atomic mass is 35.5. The molecule has 0 saturated carbocycles. The van der Waals surface area contributed by atoms with Crippen molar-refractivity contribution in [2.75, 3.05) is 25.0 Å². The molecule has 0 spiro atoms. The number of benzene rings is 1. The van der Waals surface area contributed by atoms with Crippen molar-refractivity contribution in [2.45, 2.75) is 6.10 Å². The van der Waals surface area contributed by atoms with Gasteiger partial charge in [0.25, 0.3) is 5.91 Å². The van der Waals surface area contributed by atoms with Gasteiger partial charge >= 0.3 is 0 Å². The van der Waals surface area contributed by atoms with E-state index in [9.17, 15) is 4.79 Å². The Morgan fingerprint density at radius 2 is 2.11 bits per heavy atom. The number of hydrogen-bond donors (Lipinski definition) is 2. The second-order valence-corrected chi connectivity index (χ2v) is 6.54. The smallest absolute Gasteiger partial charge is 0.258 e. The van der Waals surface area contributed by atoms with Crippen LogP contribution in [0.25, 0.3) is 5.69 Å². The summed E-state index contributed by atoms with van der Waals surface area (Å²) in [7, 11) is 0. The molecule has 0 radical (unpaired) electrons. The number of carbonyl (C=O) groups excluding carboxylic acids is 1. The molecule has 1 aliphatic rings. The monoisotopic (exact) mass is 419 g/mol. The number of rotatable bonds is 4. The van der Waals surface area contributed by atoms with Gasteiger partial charge in [0.1, 0.15) is 5.15 Å². The van der Waals surface area contributed by atoms with Crippen LogP contribution in [-0.2, 0) is 4.74 Å². The predicted octanol–water partition coefficient (Wildman–Crippen LogP) is 3.26. The number of aromatic nitrogens is 3. The number of ether oxygens (including phenoxy) is 1. The van der Waals surface area contributed by atoms with Gasteiger partial charge in [-0.1, -0.05) is 23.7 Å². The Kier molecular flexibility index (Phi) is 6.64. The number of carbonyl (C=O) groups is 1. The lowest BCUT2D eigenvalue weighted by molar-refractivity contribution is 0.0277. The molecule has 146 valence electrons. The fourth-order valence-electron chi connectivity index (χ4n) is 2.88. The maximum atomic E-state index is 12.5. The van der Waals surface area contributed by atoms with E-state index in [1.165, 1.54) is 6.20 Å². The van der Waals surface area contributed by atoms with Crippen molar-refractivity contribution >= 4 is 35.6 Å². The highest BCUT2D eigenvalue weighted by Crippen LogP contribution is 2.21. The van der Waals surface area contributed by atoms with Crippen molar-refractivity contribution < 1.29 is 9.53 Å². The van der Waals surface area contributed by atoms with Crippen LogP contribution in [0.3, 0.4) is 0 Å². The average Bonchev–Trinajstić information content (AvgIpc) is 3.20. The van der Waals surface area contributed by atoms with Crippen molar-refractivity contribution in [3.63, 3.8) is 0 Å². The second kappa shape index (κ2) is 9.16. The Bertz CT molecular complexity index is 940. The third-order valence-electron chi connectivity index (χ3n) is 4.29. The summed E-state index contributed by atoms with van der Waals surface area (Å²) in [5.74, 6) is -0.232. The van der Waals surface area contributed by atoms with Crippen LogP contribution < -0.4 is 10.6 Å². The minimum absolute atomic E-state index is 0. The third kappa shape index (κ3) is 4.69. The molecule has 3 heterocycles. The normalized spacial score (nSPS) is 16.2. The minimum atomic E-state index is -0.232. The molecule has 2 N–H and O–H groups in total. The van der Waals surface area contributed by atoms with E-state index in [0.717, 1.165) is 24.3 Å². The molecule has 28 heavy (non-hydrogen) atoms. The van der Waals surface area contributed by atoms with E-state index in [2.05, 4.69) is 20.7 Å². The summed E-state index contributed by atoms with van der Waals surface area (Å²) in [5, 5.41) is 10.8. The molecule has 0 aliphatic carbocycles. The van der Waals surface area contributed by atoms with Gasteiger partial charge in [0.05, 0.1) is 30.2 Å². The number of pyridine rings is 1. The molecule has 0 bridgehead atoms. The Morgan fingerprint density at radius 3 is 2.82 bits per heavy atom. The van der Waals surface area contributed by atoms with Crippen LogP contribution in [0, 0.1) is 0 Å². The summed E-state index contributed by atoms with van der Waals surface area (Å²) < 4.78 is 7.32. The molecule has 3 aromatic rings. The first-order valence-corrected chi connectivity index (χ1v) is 8.97. The van der Waals surface area contributed by atoms with Crippen LogP contribution in [0.4, 0.5) is 5.69 Å². The van der Waals surface area contributed by atoms with E-state index in [1.807, 2.05) is 24.3 Å². The fraction of sp³-hybridized carbons (Fsp3) is 0.211. The van der Waals surface area contributed by atoms with Gasteiger partial charge < -0.3 is 15.4 Å². The highest BCUT2D eigenvalue weighted by Gasteiger charge is 2.16. The summed E-state index contributed by atoms with van der Waals surface area (Å²) in [6, 6.07) is 11.1. The summed E-state index contributed by atoms with van der Waals surface area (Å²) in [4.78, 5) is 16.4. The Balaban J connectivity index is 0.00000225. The number of morpholine rings is 1. The van der Waals surface area contributed by atoms with Gasteiger partial charge in [0.15, 0.2) is 0 Å². The number of nitrogens with zero attached hydrogens (tertiary/aromatic N) is 3. The van der Waals surface area contributed by atoms with Crippen molar-refractivity contribution in [1.82, 2.24) is 20.1 Å². The summed E-state index contributed by atoms with van der Waals surface area (Å²) in [5.41, 5.74) is 2.99. The largest absolute Gasteiger partial charge is 0.371 e. The first-order valence-electron chi connectivity index (χ1n) is 8.59. The van der Waals surface area contributed by atoms with Crippen molar-refractivity contribution in [1.29, 1.82) is 0 Å². The molecule has 1 fully saturated rings. The number of anilines is 1. The highest BCUT2D eigenvalue weighted by molar-refractivity contribution is 6.29. The van der Waals surface area contributed by atoms with E-state index in [-0.39, 0.29) is 24.4 Å². The summed E-state index contributed by atoms with van der Waals surface area (Å²) in [6.07, 6.45) is 4.80. The maximum absolute atomic E-state index is 12.5. The Morgan fingerprint density at radius 1 is 1.29 bits per heavy atom. The molecule has 1 atom stereocenters. The zero-order valence-electron chi connectivity index (χ0n) is 14.8. The van der Waals surface area contributed by atoms with Crippen LogP contribution in [0.1, 0.15) is 22.0 Å². The standard InChI is InChI=1S/C19H18ClN5O2.ClH/c20-18-9-16(5-6-22-18)25-12-14(10-23-25)19(26)24-15-3-1-13(2-4-15)17-11-21-7-8-27-17;/h1-6,9-10,12,17,21H,7-8,11H2,(H,24,26);1H/t17-;/m1./s1. The minimum Gasteiger partial charge on any atom is -0.371 e. The molecular weight excluding hydrogens is 401 g/mol. The van der Waals surface area contributed by atoms with Crippen LogP contribution >= 0.6 is 24.0 Å². The number of amides is 1. The molecular formula is C19H19Cl2N5O2. The van der Waals surface area contributed by atoms with Gasteiger partial charge in [-0.15, -0.1) is 12.4 Å². The summed E-state index contributed by atoms with van der Waals surface area (Å²) >= 11 is 5.90.